The third-order valence-electron chi connectivity index (χ3n) is 2.87. The van der Waals surface area contributed by atoms with Crippen LogP contribution in [-0.4, -0.2) is 37.2 Å². The van der Waals surface area contributed by atoms with Crippen molar-refractivity contribution in [2.45, 2.75) is 5.51 Å². The molecular formula is C13H10ClF3N4O3S. The van der Waals surface area contributed by atoms with E-state index < -0.39 is 21.5 Å². The van der Waals surface area contributed by atoms with Gasteiger partial charge in [0.1, 0.15) is 5.52 Å². The van der Waals surface area contributed by atoms with E-state index in [2.05, 4.69) is 19.5 Å². The molecule has 2 heterocycles. The van der Waals surface area contributed by atoms with Crippen molar-refractivity contribution in [2.24, 2.45) is 0 Å². The van der Waals surface area contributed by atoms with Crippen molar-refractivity contribution < 1.29 is 25.8 Å². The molecule has 0 aromatic carbocycles. The molecule has 0 aliphatic heterocycles. The second kappa shape index (κ2) is 6.84. The molecule has 0 unspecified atom stereocenters. The third kappa shape index (κ3) is 3.82. The van der Waals surface area contributed by atoms with Gasteiger partial charge < -0.3 is 14.9 Å². The highest BCUT2D eigenvalue weighted by Crippen LogP contribution is 2.31. The van der Waals surface area contributed by atoms with Crippen LogP contribution in [0.4, 0.5) is 13.2 Å². The van der Waals surface area contributed by atoms with Crippen LogP contribution in [0, 0.1) is 5.41 Å². The van der Waals surface area contributed by atoms with Gasteiger partial charge in [-0.25, -0.2) is 4.98 Å². The molecule has 2 rings (SSSR count). The Morgan fingerprint density at radius 3 is 2.64 bits per heavy atom. The Hall–Kier alpha value is -2.40. The van der Waals surface area contributed by atoms with Gasteiger partial charge in [-0.15, -0.1) is 0 Å². The zero-order chi connectivity index (χ0) is 18.8. The van der Waals surface area contributed by atoms with Crippen LogP contribution in [0.25, 0.3) is 16.6 Å². The number of pyridine rings is 2. The van der Waals surface area contributed by atoms with Crippen molar-refractivity contribution in [3.8, 4) is 5.88 Å². The predicted molar refractivity (Wildman–Crippen MR) is 86.0 cm³/mol. The second-order valence-corrected chi connectivity index (χ2v) is 6.43. The van der Waals surface area contributed by atoms with Crippen LogP contribution in [0.15, 0.2) is 24.5 Å². The van der Waals surface area contributed by atoms with Crippen LogP contribution in [0.5, 0.6) is 5.88 Å². The lowest BCUT2D eigenvalue weighted by atomic mass is 10.1. The van der Waals surface area contributed by atoms with Gasteiger partial charge in [-0.1, -0.05) is 11.6 Å². The summed E-state index contributed by atoms with van der Waals surface area (Å²) in [6.45, 7) is 0. The van der Waals surface area contributed by atoms with Crippen molar-refractivity contribution in [1.29, 1.82) is 5.41 Å². The fraction of sp³-hybridized carbons (Fsp3) is 0.154. The smallest absolute Gasteiger partial charge is 0.393 e. The Morgan fingerprint density at radius 2 is 2.08 bits per heavy atom. The molecule has 0 aliphatic rings. The number of nitrogens with one attached hydrogen (secondary N) is 2. The number of fused-ring (bicyclic) bond motifs is 1. The fourth-order valence-electron chi connectivity index (χ4n) is 1.78. The largest absolute Gasteiger partial charge is 0.534 e. The molecule has 2 aromatic heterocycles. The lowest BCUT2D eigenvalue weighted by Gasteiger charge is -2.10. The Balaban J connectivity index is 2.57. The van der Waals surface area contributed by atoms with Crippen LogP contribution >= 0.6 is 11.6 Å². The number of halogens is 4. The van der Waals surface area contributed by atoms with Gasteiger partial charge in [0.2, 0.25) is 5.88 Å². The Kier molecular flexibility index (Phi) is 5.18. The summed E-state index contributed by atoms with van der Waals surface area (Å²) in [6.07, 6.45) is 3.80. The zero-order valence-electron chi connectivity index (χ0n) is 12.4. The maximum Gasteiger partial charge on any atom is 0.534 e. The first-order valence-electron chi connectivity index (χ1n) is 6.45. The lowest BCUT2D eigenvalue weighted by Crippen LogP contribution is -2.28. The summed E-state index contributed by atoms with van der Waals surface area (Å²) >= 11 is 6.18. The monoisotopic (exact) mass is 394 g/mol. The molecule has 0 atom stereocenters. The molecule has 0 fully saturated rings. The third-order valence-corrected chi connectivity index (χ3v) is 4.21. The molecule has 0 amide bonds. The molecule has 0 saturated carbocycles. The summed E-state index contributed by atoms with van der Waals surface area (Å²) < 4.78 is 63.3. The van der Waals surface area contributed by atoms with Gasteiger partial charge in [0.15, 0.2) is 0 Å². The van der Waals surface area contributed by atoms with E-state index >= 15 is 0 Å². The summed E-state index contributed by atoms with van der Waals surface area (Å²) in [4.78, 5) is 7.73. The minimum Gasteiger partial charge on any atom is -0.393 e. The summed E-state index contributed by atoms with van der Waals surface area (Å²) in [5.41, 5.74) is -4.84. The van der Waals surface area contributed by atoms with E-state index in [1.54, 1.807) is 7.05 Å². The lowest BCUT2D eigenvalue weighted by molar-refractivity contribution is -0.0501. The van der Waals surface area contributed by atoms with Crippen LogP contribution in [0.1, 0.15) is 5.56 Å². The van der Waals surface area contributed by atoms with Gasteiger partial charge in [0.05, 0.1) is 10.5 Å². The first-order valence-corrected chi connectivity index (χ1v) is 8.23. The van der Waals surface area contributed by atoms with Crippen molar-refractivity contribution >= 4 is 44.5 Å². The molecule has 0 saturated heterocycles. The van der Waals surface area contributed by atoms with Crippen LogP contribution in [-0.2, 0) is 10.1 Å². The van der Waals surface area contributed by atoms with Crippen molar-refractivity contribution in [3.05, 3.63) is 35.1 Å². The van der Waals surface area contributed by atoms with E-state index in [1.807, 2.05) is 0 Å². The number of alkyl halides is 3. The van der Waals surface area contributed by atoms with Gasteiger partial charge in [0, 0.05) is 42.9 Å². The Labute approximate surface area is 145 Å². The normalized spacial score (nSPS) is 12.9. The molecule has 2 N–H and O–H groups in total. The van der Waals surface area contributed by atoms with Crippen molar-refractivity contribution in [1.82, 2.24) is 15.3 Å². The number of nitrogens with zero attached hydrogens (tertiary/aromatic N) is 2. The topological polar surface area (TPSA) is 105 Å². The molecule has 134 valence electrons. The number of rotatable bonds is 5. The van der Waals surface area contributed by atoms with Gasteiger partial charge in [-0.3, -0.25) is 4.98 Å². The average Bonchev–Trinajstić information content (AvgIpc) is 2.52. The molecular weight excluding hydrogens is 385 g/mol. The first kappa shape index (κ1) is 18.9. The SMILES string of the molecule is CN/C=C(\C=N)c1cnc2ccc(OS(=O)(=O)C(F)(F)F)nc2c1Cl. The first-order chi connectivity index (χ1) is 11.6. The highest BCUT2D eigenvalue weighted by atomic mass is 35.5. The molecule has 0 radical (unpaired) electrons. The minimum atomic E-state index is -5.86. The summed E-state index contributed by atoms with van der Waals surface area (Å²) in [5.74, 6) is -0.806. The van der Waals surface area contributed by atoms with E-state index in [0.29, 0.717) is 5.57 Å². The Bertz CT molecular complexity index is 961. The highest BCUT2D eigenvalue weighted by molar-refractivity contribution is 7.87. The zero-order valence-corrected chi connectivity index (χ0v) is 14.0. The van der Waals surface area contributed by atoms with Crippen molar-refractivity contribution in [2.75, 3.05) is 7.05 Å². The van der Waals surface area contributed by atoms with Gasteiger partial charge >= 0.3 is 15.6 Å². The predicted octanol–water partition coefficient (Wildman–Crippen LogP) is 2.72. The molecule has 2 aromatic rings. The number of hydrogen-bond acceptors (Lipinski definition) is 7. The maximum atomic E-state index is 12.4. The van der Waals surface area contributed by atoms with Crippen molar-refractivity contribution in [3.63, 3.8) is 0 Å². The van der Waals surface area contributed by atoms with Crippen LogP contribution in [0.3, 0.4) is 0 Å². The quantitative estimate of drug-likeness (QED) is 0.459. The van der Waals surface area contributed by atoms with Gasteiger partial charge in [-0.2, -0.15) is 21.6 Å². The minimum absolute atomic E-state index is 0.0233. The number of hydrogen-bond donors (Lipinski definition) is 2. The van der Waals surface area contributed by atoms with Crippen LogP contribution in [0.2, 0.25) is 5.02 Å². The second-order valence-electron chi connectivity index (χ2n) is 4.52. The molecule has 0 aliphatic carbocycles. The molecule has 0 spiro atoms. The standard InChI is InChI=1S/C13H10ClF3N4O3S/c1-19-5-7(4-18)8-6-20-9-2-3-10(21-12(9)11(8)14)24-25(22,23)13(15,16)17/h2-6,18-19H,1H3/b7-5+,18-4?. The number of allylic oxidation sites excluding steroid dienone is 1. The fourth-order valence-corrected chi connectivity index (χ4v) is 2.49. The highest BCUT2D eigenvalue weighted by Gasteiger charge is 2.48. The van der Waals surface area contributed by atoms with Gasteiger partial charge in [0.25, 0.3) is 0 Å². The summed E-state index contributed by atoms with van der Waals surface area (Å²) in [6, 6.07) is 2.14. The van der Waals surface area contributed by atoms with E-state index in [0.717, 1.165) is 12.3 Å². The van der Waals surface area contributed by atoms with Crippen LogP contribution < -0.4 is 9.50 Å². The molecule has 25 heavy (non-hydrogen) atoms. The van der Waals surface area contributed by atoms with E-state index in [9.17, 15) is 21.6 Å². The molecule has 12 heteroatoms. The molecule has 0 bridgehead atoms. The summed E-state index contributed by atoms with van der Waals surface area (Å²) in [5, 5.41) is 10.0. The molecule has 7 nitrogen and oxygen atoms in total. The van der Waals surface area contributed by atoms with E-state index in [1.165, 1.54) is 18.5 Å². The Morgan fingerprint density at radius 1 is 1.40 bits per heavy atom. The van der Waals surface area contributed by atoms with E-state index in [4.69, 9.17) is 17.0 Å². The maximum absolute atomic E-state index is 12.4. The number of aromatic nitrogens is 2. The average molecular weight is 395 g/mol. The van der Waals surface area contributed by atoms with E-state index in [-0.39, 0.29) is 21.6 Å². The summed E-state index contributed by atoms with van der Waals surface area (Å²) in [7, 11) is -4.26. The van der Waals surface area contributed by atoms with Gasteiger partial charge in [-0.05, 0) is 6.07 Å².